The van der Waals surface area contributed by atoms with Crippen molar-refractivity contribution in [2.24, 2.45) is 0 Å². The second kappa shape index (κ2) is 5.80. The topological polar surface area (TPSA) is 58.6 Å². The summed E-state index contributed by atoms with van der Waals surface area (Å²) in [6.45, 7) is 0.357. The molecule has 0 radical (unpaired) electrons. The van der Waals surface area contributed by atoms with E-state index in [4.69, 9.17) is 4.74 Å². The van der Waals surface area contributed by atoms with Gasteiger partial charge in [-0.2, -0.15) is 0 Å². The van der Waals surface area contributed by atoms with Crippen LogP contribution in [0.2, 0.25) is 0 Å². The number of carbonyl (C=O) groups is 1. The lowest BCUT2D eigenvalue weighted by Gasteiger charge is -2.36. The van der Waals surface area contributed by atoms with Gasteiger partial charge in [-0.3, -0.25) is 4.79 Å². The molecule has 0 aliphatic carbocycles. The number of aliphatic hydroxyl groups is 1. The maximum Gasteiger partial charge on any atom is 0.254 e. The zero-order chi connectivity index (χ0) is 14.8. The van der Waals surface area contributed by atoms with E-state index in [0.29, 0.717) is 32.1 Å². The van der Waals surface area contributed by atoms with Crippen LogP contribution in [-0.4, -0.2) is 36.4 Å². The normalized spacial score (nSPS) is 17.8. The predicted octanol–water partition coefficient (Wildman–Crippen LogP) is 1.38. The van der Waals surface area contributed by atoms with Gasteiger partial charge in [-0.05, 0) is 25.0 Å². The third-order valence-corrected chi connectivity index (χ3v) is 3.41. The summed E-state index contributed by atoms with van der Waals surface area (Å²) in [6, 6.07) is 1.55. The van der Waals surface area contributed by atoms with Crippen molar-refractivity contribution in [3.05, 3.63) is 35.1 Å². The molecule has 4 nitrogen and oxygen atoms in total. The van der Waals surface area contributed by atoms with Crippen LogP contribution in [0.5, 0.6) is 0 Å². The van der Waals surface area contributed by atoms with Gasteiger partial charge in [0.25, 0.3) is 5.91 Å². The molecule has 0 aromatic heterocycles. The zero-order valence-corrected chi connectivity index (χ0v) is 10.6. The molecule has 0 saturated carbocycles. The number of ether oxygens (including phenoxy) is 1. The lowest BCUT2D eigenvalue weighted by Crippen LogP contribution is -2.54. The van der Waals surface area contributed by atoms with Gasteiger partial charge in [0.2, 0.25) is 0 Å². The van der Waals surface area contributed by atoms with Crippen molar-refractivity contribution < 1.29 is 27.8 Å². The van der Waals surface area contributed by atoms with Gasteiger partial charge >= 0.3 is 0 Å². The molecule has 1 fully saturated rings. The Balaban J connectivity index is 2.21. The minimum absolute atomic E-state index is 0.340. The van der Waals surface area contributed by atoms with Gasteiger partial charge in [0.1, 0.15) is 0 Å². The minimum Gasteiger partial charge on any atom is -0.394 e. The molecule has 1 aliphatic heterocycles. The molecule has 0 spiro atoms. The summed E-state index contributed by atoms with van der Waals surface area (Å²) >= 11 is 0. The molecule has 7 heteroatoms. The molecule has 0 bridgehead atoms. The molecule has 0 atom stereocenters. The van der Waals surface area contributed by atoms with Crippen LogP contribution in [-0.2, 0) is 4.74 Å². The molecule has 1 aliphatic rings. The third kappa shape index (κ3) is 2.78. The summed E-state index contributed by atoms with van der Waals surface area (Å²) < 4.78 is 44.6. The summed E-state index contributed by atoms with van der Waals surface area (Å²) in [6.07, 6.45) is 0.723. The van der Waals surface area contributed by atoms with Crippen molar-refractivity contribution in [2.45, 2.75) is 18.4 Å². The van der Waals surface area contributed by atoms with E-state index in [2.05, 4.69) is 5.32 Å². The number of halogens is 3. The average Bonchev–Trinajstić information content (AvgIpc) is 2.45. The highest BCUT2D eigenvalue weighted by molar-refractivity contribution is 5.95. The summed E-state index contributed by atoms with van der Waals surface area (Å²) in [5.74, 6) is -5.48. The van der Waals surface area contributed by atoms with E-state index in [1.807, 2.05) is 0 Å². The van der Waals surface area contributed by atoms with Crippen molar-refractivity contribution in [3.63, 3.8) is 0 Å². The minimum atomic E-state index is -1.69. The first-order chi connectivity index (χ1) is 9.49. The van der Waals surface area contributed by atoms with Gasteiger partial charge in [-0.25, -0.2) is 13.2 Å². The standard InChI is InChI=1S/C13H14F3NO3/c14-9-2-1-8(10(15)11(9)16)12(19)17-13(7-18)3-5-20-6-4-13/h1-2,18H,3-7H2,(H,17,19). The van der Waals surface area contributed by atoms with Crippen molar-refractivity contribution in [3.8, 4) is 0 Å². The second-order valence-corrected chi connectivity index (χ2v) is 4.73. The number of hydrogen-bond donors (Lipinski definition) is 2. The van der Waals surface area contributed by atoms with Crippen LogP contribution in [0.3, 0.4) is 0 Å². The molecule has 1 aromatic rings. The molecule has 1 amide bonds. The summed E-state index contributed by atoms with van der Waals surface area (Å²) in [5, 5.41) is 11.9. The van der Waals surface area contributed by atoms with Crippen molar-refractivity contribution in [2.75, 3.05) is 19.8 Å². The highest BCUT2D eigenvalue weighted by Gasteiger charge is 2.34. The van der Waals surface area contributed by atoms with Crippen LogP contribution in [0.15, 0.2) is 12.1 Å². The Labute approximate surface area is 113 Å². The van der Waals surface area contributed by atoms with Crippen LogP contribution in [0.4, 0.5) is 13.2 Å². The molecule has 1 aromatic carbocycles. The summed E-state index contributed by atoms with van der Waals surface area (Å²) in [4.78, 5) is 12.0. The van der Waals surface area contributed by atoms with Crippen LogP contribution in [0, 0.1) is 17.5 Å². The summed E-state index contributed by atoms with van der Waals surface area (Å²) in [7, 11) is 0. The Morgan fingerprint density at radius 1 is 1.25 bits per heavy atom. The van der Waals surface area contributed by atoms with E-state index < -0.39 is 34.5 Å². The maximum atomic E-state index is 13.5. The smallest absolute Gasteiger partial charge is 0.254 e. The van der Waals surface area contributed by atoms with E-state index in [0.717, 1.165) is 6.07 Å². The highest BCUT2D eigenvalue weighted by Crippen LogP contribution is 2.22. The third-order valence-electron chi connectivity index (χ3n) is 3.41. The molecule has 20 heavy (non-hydrogen) atoms. The Hall–Kier alpha value is -1.60. The van der Waals surface area contributed by atoms with E-state index in [9.17, 15) is 23.1 Å². The quantitative estimate of drug-likeness (QED) is 0.826. The Morgan fingerprint density at radius 3 is 2.50 bits per heavy atom. The van der Waals surface area contributed by atoms with E-state index in [1.54, 1.807) is 0 Å². The number of rotatable bonds is 3. The number of carbonyl (C=O) groups excluding carboxylic acids is 1. The van der Waals surface area contributed by atoms with Crippen LogP contribution in [0.1, 0.15) is 23.2 Å². The van der Waals surface area contributed by atoms with E-state index in [1.165, 1.54) is 0 Å². The van der Waals surface area contributed by atoms with E-state index >= 15 is 0 Å². The fourth-order valence-electron chi connectivity index (χ4n) is 2.09. The number of benzene rings is 1. The summed E-state index contributed by atoms with van der Waals surface area (Å²) in [5.41, 5.74) is -1.52. The first kappa shape index (κ1) is 14.8. The van der Waals surface area contributed by atoms with Gasteiger partial charge in [0, 0.05) is 13.2 Å². The van der Waals surface area contributed by atoms with Crippen molar-refractivity contribution >= 4 is 5.91 Å². The molecule has 1 saturated heterocycles. The van der Waals surface area contributed by atoms with E-state index in [-0.39, 0.29) is 6.61 Å². The van der Waals surface area contributed by atoms with Gasteiger partial charge in [-0.1, -0.05) is 0 Å². The molecule has 2 N–H and O–H groups in total. The first-order valence-corrected chi connectivity index (χ1v) is 6.14. The Morgan fingerprint density at radius 2 is 1.90 bits per heavy atom. The number of aliphatic hydroxyl groups excluding tert-OH is 1. The predicted molar refractivity (Wildman–Crippen MR) is 63.7 cm³/mol. The number of amides is 1. The number of nitrogens with one attached hydrogen (secondary N) is 1. The average molecular weight is 289 g/mol. The molecular weight excluding hydrogens is 275 g/mol. The Kier molecular flexibility index (Phi) is 4.29. The van der Waals surface area contributed by atoms with Crippen molar-refractivity contribution in [1.82, 2.24) is 5.32 Å². The largest absolute Gasteiger partial charge is 0.394 e. The zero-order valence-electron chi connectivity index (χ0n) is 10.6. The van der Waals surface area contributed by atoms with Crippen molar-refractivity contribution in [1.29, 1.82) is 0 Å². The molecule has 2 rings (SSSR count). The molecule has 110 valence electrons. The lowest BCUT2D eigenvalue weighted by atomic mass is 9.90. The monoisotopic (exact) mass is 289 g/mol. The van der Waals surface area contributed by atoms with Gasteiger partial charge < -0.3 is 15.2 Å². The number of hydrogen-bond acceptors (Lipinski definition) is 3. The highest BCUT2D eigenvalue weighted by atomic mass is 19.2. The molecule has 1 heterocycles. The van der Waals surface area contributed by atoms with Crippen LogP contribution < -0.4 is 5.32 Å². The van der Waals surface area contributed by atoms with Crippen LogP contribution >= 0.6 is 0 Å². The fourth-order valence-corrected chi connectivity index (χ4v) is 2.09. The second-order valence-electron chi connectivity index (χ2n) is 4.73. The molecule has 0 unspecified atom stereocenters. The maximum absolute atomic E-state index is 13.5. The Bertz CT molecular complexity index is 516. The van der Waals surface area contributed by atoms with Gasteiger partial charge in [0.05, 0.1) is 17.7 Å². The van der Waals surface area contributed by atoms with Gasteiger partial charge in [-0.15, -0.1) is 0 Å². The molecular formula is C13H14F3NO3. The first-order valence-electron chi connectivity index (χ1n) is 6.14. The lowest BCUT2D eigenvalue weighted by molar-refractivity contribution is 0.0124. The van der Waals surface area contributed by atoms with Gasteiger partial charge in [0.15, 0.2) is 17.5 Å². The SMILES string of the molecule is O=C(NC1(CO)CCOCC1)c1ccc(F)c(F)c1F. The fraction of sp³-hybridized carbons (Fsp3) is 0.462. The van der Waals surface area contributed by atoms with Crippen LogP contribution in [0.25, 0.3) is 0 Å².